The maximum atomic E-state index is 12.3. The molecule has 2 N–H and O–H groups in total. The van der Waals surface area contributed by atoms with Crippen LogP contribution < -0.4 is 10.0 Å². The van der Waals surface area contributed by atoms with Crippen LogP contribution in [0.1, 0.15) is 31.4 Å². The molecule has 0 heterocycles. The van der Waals surface area contributed by atoms with E-state index in [-0.39, 0.29) is 0 Å². The van der Waals surface area contributed by atoms with Crippen LogP contribution in [0.2, 0.25) is 0 Å². The van der Waals surface area contributed by atoms with Crippen molar-refractivity contribution in [2.45, 2.75) is 40.2 Å². The van der Waals surface area contributed by atoms with Crippen molar-refractivity contribution in [1.29, 1.82) is 0 Å². The Morgan fingerprint density at radius 2 is 1.90 bits per heavy atom. The SMILES string of the molecule is Cc1cccc(NS(=O)(=O)N(C)CCCNC(C)C)c1C. The molecule has 5 nitrogen and oxygen atoms in total. The van der Waals surface area contributed by atoms with E-state index in [0.29, 0.717) is 18.3 Å². The van der Waals surface area contributed by atoms with E-state index in [1.807, 2.05) is 26.0 Å². The van der Waals surface area contributed by atoms with Crippen molar-refractivity contribution in [2.24, 2.45) is 0 Å². The molecule has 1 aromatic carbocycles. The molecule has 120 valence electrons. The number of hydrogen-bond donors (Lipinski definition) is 2. The predicted molar refractivity (Wildman–Crippen MR) is 88.8 cm³/mol. The fourth-order valence-corrected chi connectivity index (χ4v) is 2.92. The Morgan fingerprint density at radius 1 is 1.24 bits per heavy atom. The first-order valence-corrected chi connectivity index (χ1v) is 8.71. The van der Waals surface area contributed by atoms with E-state index in [0.717, 1.165) is 24.1 Å². The minimum atomic E-state index is -3.50. The highest BCUT2D eigenvalue weighted by atomic mass is 32.2. The molecule has 6 heteroatoms. The fourth-order valence-electron chi connectivity index (χ4n) is 1.89. The molecule has 0 saturated carbocycles. The Labute approximate surface area is 128 Å². The van der Waals surface area contributed by atoms with Gasteiger partial charge in [0.05, 0.1) is 5.69 Å². The lowest BCUT2D eigenvalue weighted by atomic mass is 10.1. The Bertz CT molecular complexity index is 556. The molecule has 0 aromatic heterocycles. The van der Waals surface area contributed by atoms with E-state index in [9.17, 15) is 8.42 Å². The van der Waals surface area contributed by atoms with E-state index in [2.05, 4.69) is 23.9 Å². The molecule has 0 aliphatic carbocycles. The third kappa shape index (κ3) is 5.65. The van der Waals surface area contributed by atoms with Gasteiger partial charge in [0.2, 0.25) is 0 Å². The van der Waals surface area contributed by atoms with Crippen molar-refractivity contribution in [1.82, 2.24) is 9.62 Å². The van der Waals surface area contributed by atoms with Crippen LogP contribution in [0.25, 0.3) is 0 Å². The van der Waals surface area contributed by atoms with Crippen molar-refractivity contribution >= 4 is 15.9 Å². The zero-order chi connectivity index (χ0) is 16.0. The summed E-state index contributed by atoms with van der Waals surface area (Å²) in [7, 11) is -1.90. The van der Waals surface area contributed by atoms with Gasteiger partial charge in [-0.05, 0) is 44.0 Å². The number of aryl methyl sites for hydroxylation is 1. The van der Waals surface area contributed by atoms with Crippen molar-refractivity contribution in [2.75, 3.05) is 24.9 Å². The third-order valence-corrected chi connectivity index (χ3v) is 4.94. The number of nitrogens with one attached hydrogen (secondary N) is 2. The van der Waals surface area contributed by atoms with E-state index >= 15 is 0 Å². The van der Waals surface area contributed by atoms with Gasteiger partial charge in [-0.25, -0.2) is 0 Å². The van der Waals surface area contributed by atoms with Crippen LogP contribution in [-0.4, -0.2) is 38.9 Å². The van der Waals surface area contributed by atoms with Gasteiger partial charge in [-0.15, -0.1) is 0 Å². The average Bonchev–Trinajstić information content (AvgIpc) is 2.39. The molecule has 0 saturated heterocycles. The van der Waals surface area contributed by atoms with Gasteiger partial charge in [-0.2, -0.15) is 12.7 Å². The van der Waals surface area contributed by atoms with Gasteiger partial charge in [0, 0.05) is 19.6 Å². The van der Waals surface area contributed by atoms with E-state index in [1.165, 1.54) is 4.31 Å². The summed E-state index contributed by atoms with van der Waals surface area (Å²) >= 11 is 0. The van der Waals surface area contributed by atoms with Crippen LogP contribution in [0.3, 0.4) is 0 Å². The minimum Gasteiger partial charge on any atom is -0.314 e. The van der Waals surface area contributed by atoms with E-state index < -0.39 is 10.2 Å². The molecule has 0 unspecified atom stereocenters. The second kappa shape index (κ2) is 7.77. The number of anilines is 1. The van der Waals surface area contributed by atoms with Crippen LogP contribution in [0.5, 0.6) is 0 Å². The third-order valence-electron chi connectivity index (χ3n) is 3.46. The highest BCUT2D eigenvalue weighted by molar-refractivity contribution is 7.90. The molecule has 0 bridgehead atoms. The Hall–Kier alpha value is -1.11. The van der Waals surface area contributed by atoms with Gasteiger partial charge in [0.1, 0.15) is 0 Å². The van der Waals surface area contributed by atoms with Crippen LogP contribution in [0.15, 0.2) is 18.2 Å². The maximum absolute atomic E-state index is 12.3. The zero-order valence-corrected chi connectivity index (χ0v) is 14.4. The molecule has 0 aliphatic rings. The summed E-state index contributed by atoms with van der Waals surface area (Å²) in [6, 6.07) is 6.02. The highest BCUT2D eigenvalue weighted by Gasteiger charge is 2.18. The van der Waals surface area contributed by atoms with Gasteiger partial charge in [0.25, 0.3) is 0 Å². The molecule has 1 rings (SSSR count). The summed E-state index contributed by atoms with van der Waals surface area (Å²) in [5.41, 5.74) is 2.66. The first-order valence-electron chi connectivity index (χ1n) is 7.27. The van der Waals surface area contributed by atoms with E-state index in [4.69, 9.17) is 0 Å². The lowest BCUT2D eigenvalue weighted by molar-refractivity contribution is 0.451. The van der Waals surface area contributed by atoms with Crippen LogP contribution >= 0.6 is 0 Å². The van der Waals surface area contributed by atoms with Crippen LogP contribution in [-0.2, 0) is 10.2 Å². The average molecular weight is 313 g/mol. The minimum absolute atomic E-state index is 0.417. The summed E-state index contributed by atoms with van der Waals surface area (Å²) < 4.78 is 28.6. The van der Waals surface area contributed by atoms with Gasteiger partial charge in [-0.1, -0.05) is 26.0 Å². The first-order chi connectivity index (χ1) is 9.74. The Kier molecular flexibility index (Phi) is 6.64. The van der Waals surface area contributed by atoms with Crippen molar-refractivity contribution < 1.29 is 8.42 Å². The van der Waals surface area contributed by atoms with Gasteiger partial charge >= 0.3 is 10.2 Å². The lowest BCUT2D eigenvalue weighted by Crippen LogP contribution is -2.35. The summed E-state index contributed by atoms with van der Waals surface area (Å²) in [4.78, 5) is 0. The predicted octanol–water partition coefficient (Wildman–Crippen LogP) is 2.28. The van der Waals surface area contributed by atoms with Crippen LogP contribution in [0, 0.1) is 13.8 Å². The Morgan fingerprint density at radius 3 is 2.52 bits per heavy atom. The summed E-state index contributed by atoms with van der Waals surface area (Å²) in [5.74, 6) is 0. The van der Waals surface area contributed by atoms with Gasteiger partial charge < -0.3 is 5.32 Å². The highest BCUT2D eigenvalue weighted by Crippen LogP contribution is 2.19. The molecule has 0 spiro atoms. The molecule has 0 radical (unpaired) electrons. The quantitative estimate of drug-likeness (QED) is 0.724. The molecule has 0 atom stereocenters. The van der Waals surface area contributed by atoms with E-state index in [1.54, 1.807) is 13.1 Å². The normalized spacial score (nSPS) is 12.1. The topological polar surface area (TPSA) is 61.4 Å². The molecule has 0 amide bonds. The smallest absolute Gasteiger partial charge is 0.301 e. The standard InChI is InChI=1S/C15H27N3O2S/c1-12(2)16-10-7-11-18(5)21(19,20)17-15-9-6-8-13(3)14(15)4/h6,8-9,12,16-17H,7,10-11H2,1-5H3. The Balaban J connectivity index is 2.62. The summed E-state index contributed by atoms with van der Waals surface area (Å²) in [6.07, 6.45) is 0.780. The van der Waals surface area contributed by atoms with Crippen LogP contribution in [0.4, 0.5) is 5.69 Å². The summed E-state index contributed by atoms with van der Waals surface area (Å²) in [5, 5.41) is 3.28. The van der Waals surface area contributed by atoms with Crippen molar-refractivity contribution in [3.05, 3.63) is 29.3 Å². The molecule has 21 heavy (non-hydrogen) atoms. The molecule has 0 fully saturated rings. The second-order valence-electron chi connectivity index (χ2n) is 5.64. The molecule has 0 aliphatic heterocycles. The summed E-state index contributed by atoms with van der Waals surface area (Å²) in [6.45, 7) is 9.32. The number of nitrogens with zero attached hydrogens (tertiary/aromatic N) is 1. The molecular formula is C15H27N3O2S. The van der Waals surface area contributed by atoms with Gasteiger partial charge in [0.15, 0.2) is 0 Å². The fraction of sp³-hybridized carbons (Fsp3) is 0.600. The number of rotatable bonds is 8. The number of benzene rings is 1. The monoisotopic (exact) mass is 313 g/mol. The molecular weight excluding hydrogens is 286 g/mol. The zero-order valence-electron chi connectivity index (χ0n) is 13.6. The van der Waals surface area contributed by atoms with Crippen molar-refractivity contribution in [3.63, 3.8) is 0 Å². The first kappa shape index (κ1) is 17.9. The largest absolute Gasteiger partial charge is 0.314 e. The lowest BCUT2D eigenvalue weighted by Gasteiger charge is -2.20. The number of hydrogen-bond acceptors (Lipinski definition) is 3. The molecule has 1 aromatic rings. The maximum Gasteiger partial charge on any atom is 0.301 e. The van der Waals surface area contributed by atoms with Crippen molar-refractivity contribution in [3.8, 4) is 0 Å². The second-order valence-corrected chi connectivity index (χ2v) is 7.42. The van der Waals surface area contributed by atoms with Gasteiger partial charge in [-0.3, -0.25) is 4.72 Å².